The van der Waals surface area contributed by atoms with Crippen molar-refractivity contribution in [1.82, 2.24) is 4.90 Å². The first-order valence-corrected chi connectivity index (χ1v) is 10.2. The summed E-state index contributed by atoms with van der Waals surface area (Å²) in [5, 5.41) is 0. The van der Waals surface area contributed by atoms with Gasteiger partial charge in [-0.2, -0.15) is 0 Å². The summed E-state index contributed by atoms with van der Waals surface area (Å²) in [4.78, 5) is 5.09. The predicted octanol–water partition coefficient (Wildman–Crippen LogP) is 0.386. The number of hydrogen-bond donors (Lipinski definition) is 0. The SMILES string of the molecule is CCC[C@@H](CCC[I-]C)N(CC)CCC. The topological polar surface area (TPSA) is 3.24 Å². The summed E-state index contributed by atoms with van der Waals surface area (Å²) >= 11 is 0.515. The molecule has 0 unspecified atom stereocenters. The maximum absolute atomic E-state index is 2.69. The number of hydrogen-bond acceptors (Lipinski definition) is 1. The van der Waals surface area contributed by atoms with E-state index in [9.17, 15) is 0 Å². The van der Waals surface area contributed by atoms with Crippen molar-refractivity contribution in [1.29, 1.82) is 0 Å². The van der Waals surface area contributed by atoms with Crippen LogP contribution in [0.15, 0.2) is 0 Å². The molecule has 94 valence electrons. The molecule has 0 aliphatic heterocycles. The van der Waals surface area contributed by atoms with Crippen LogP contribution in [-0.2, 0) is 0 Å². The molecule has 0 rings (SSSR count). The van der Waals surface area contributed by atoms with Crippen LogP contribution < -0.4 is 21.2 Å². The standard InChI is InChI=1S/C13H29IN/c1-5-9-13(10-8-11-14-4)15(7-3)12-6-2/h13H,5-12H2,1-4H3/q-1/t13-/m0/s1. The van der Waals surface area contributed by atoms with Crippen LogP contribution >= 0.6 is 0 Å². The van der Waals surface area contributed by atoms with Gasteiger partial charge in [0.2, 0.25) is 0 Å². The Bertz CT molecular complexity index is 128. The van der Waals surface area contributed by atoms with Crippen LogP contribution in [0, 0.1) is 0 Å². The molecule has 0 N–H and O–H groups in total. The Morgan fingerprint density at radius 1 is 1.07 bits per heavy atom. The molecule has 0 aliphatic rings. The molecule has 15 heavy (non-hydrogen) atoms. The van der Waals surface area contributed by atoms with E-state index in [0.717, 1.165) is 6.04 Å². The first-order chi connectivity index (χ1) is 7.29. The average molecular weight is 326 g/mol. The van der Waals surface area contributed by atoms with Crippen molar-refractivity contribution in [2.24, 2.45) is 0 Å². The molecule has 0 aromatic heterocycles. The Balaban J connectivity index is 3.95. The fraction of sp³-hybridized carbons (Fsp3) is 1.00. The first-order valence-electron chi connectivity index (χ1n) is 6.47. The van der Waals surface area contributed by atoms with Crippen molar-refractivity contribution in [3.8, 4) is 0 Å². The van der Waals surface area contributed by atoms with Gasteiger partial charge in [0.1, 0.15) is 0 Å². The molecule has 0 bridgehead atoms. The number of halogens is 1. The Morgan fingerprint density at radius 3 is 2.27 bits per heavy atom. The summed E-state index contributed by atoms with van der Waals surface area (Å²) in [5.41, 5.74) is 0. The van der Waals surface area contributed by atoms with Crippen LogP contribution in [0.2, 0.25) is 0 Å². The molecule has 2 heteroatoms. The van der Waals surface area contributed by atoms with Gasteiger partial charge in [-0.05, 0) is 0 Å². The van der Waals surface area contributed by atoms with E-state index in [2.05, 4.69) is 30.6 Å². The summed E-state index contributed by atoms with van der Waals surface area (Å²) < 4.78 is 1.52. The van der Waals surface area contributed by atoms with Gasteiger partial charge >= 0.3 is 107 Å². The summed E-state index contributed by atoms with van der Waals surface area (Å²) in [7, 11) is 0. The zero-order chi connectivity index (χ0) is 11.5. The molecular formula is C13H29IN-. The van der Waals surface area contributed by atoms with Gasteiger partial charge in [-0.15, -0.1) is 0 Å². The second kappa shape index (κ2) is 11.2. The molecule has 0 fully saturated rings. The van der Waals surface area contributed by atoms with Crippen LogP contribution in [0.3, 0.4) is 0 Å². The zero-order valence-corrected chi connectivity index (χ0v) is 13.2. The molecule has 0 aromatic rings. The Kier molecular flexibility index (Phi) is 11.7. The summed E-state index contributed by atoms with van der Waals surface area (Å²) in [6.07, 6.45) is 6.95. The molecule has 1 atom stereocenters. The molecule has 0 radical (unpaired) electrons. The van der Waals surface area contributed by atoms with Crippen molar-refractivity contribution >= 4 is 0 Å². The number of nitrogens with zero attached hydrogens (tertiary/aromatic N) is 1. The Hall–Kier alpha value is 0.690. The second-order valence-electron chi connectivity index (χ2n) is 4.17. The molecule has 0 saturated heterocycles. The van der Waals surface area contributed by atoms with Gasteiger partial charge in [0.15, 0.2) is 0 Å². The molecule has 0 amide bonds. The third kappa shape index (κ3) is 7.56. The van der Waals surface area contributed by atoms with Crippen LogP contribution in [0.4, 0.5) is 0 Å². The van der Waals surface area contributed by atoms with Crippen LogP contribution in [0.25, 0.3) is 0 Å². The monoisotopic (exact) mass is 326 g/mol. The van der Waals surface area contributed by atoms with Gasteiger partial charge in [0.05, 0.1) is 0 Å². The molecule has 0 spiro atoms. The molecule has 0 saturated carbocycles. The van der Waals surface area contributed by atoms with Gasteiger partial charge in [-0.25, -0.2) is 0 Å². The van der Waals surface area contributed by atoms with Crippen molar-refractivity contribution in [2.75, 3.05) is 22.4 Å². The predicted molar refractivity (Wildman–Crippen MR) is 66.3 cm³/mol. The van der Waals surface area contributed by atoms with E-state index in [1.54, 1.807) is 0 Å². The molecular weight excluding hydrogens is 297 g/mol. The van der Waals surface area contributed by atoms with E-state index in [-0.39, 0.29) is 0 Å². The molecule has 1 nitrogen and oxygen atoms in total. The second-order valence-corrected chi connectivity index (χ2v) is 6.77. The van der Waals surface area contributed by atoms with Crippen LogP contribution in [-0.4, -0.2) is 33.4 Å². The van der Waals surface area contributed by atoms with E-state index in [0.29, 0.717) is 21.2 Å². The van der Waals surface area contributed by atoms with E-state index in [1.165, 1.54) is 49.6 Å². The van der Waals surface area contributed by atoms with Crippen molar-refractivity contribution in [2.45, 2.75) is 58.9 Å². The third-order valence-corrected chi connectivity index (χ3v) is 4.76. The quantitative estimate of drug-likeness (QED) is 0.319. The normalized spacial score (nSPS) is 13.7. The van der Waals surface area contributed by atoms with Gasteiger partial charge in [-0.3, -0.25) is 0 Å². The van der Waals surface area contributed by atoms with Crippen molar-refractivity contribution < 1.29 is 21.2 Å². The molecule has 0 aromatic carbocycles. The van der Waals surface area contributed by atoms with Gasteiger partial charge in [0, 0.05) is 0 Å². The average Bonchev–Trinajstić information content (AvgIpc) is 2.25. The Morgan fingerprint density at radius 2 is 1.80 bits per heavy atom. The summed E-state index contributed by atoms with van der Waals surface area (Å²) in [5.74, 6) is 0. The maximum atomic E-state index is 2.69. The van der Waals surface area contributed by atoms with E-state index < -0.39 is 0 Å². The third-order valence-electron chi connectivity index (χ3n) is 2.92. The van der Waals surface area contributed by atoms with Gasteiger partial charge in [-0.1, -0.05) is 0 Å². The minimum absolute atomic E-state index is 0.515. The molecule has 0 heterocycles. The fourth-order valence-corrected chi connectivity index (χ4v) is 3.38. The van der Waals surface area contributed by atoms with Crippen LogP contribution in [0.5, 0.6) is 0 Å². The van der Waals surface area contributed by atoms with Crippen molar-refractivity contribution in [3.63, 3.8) is 0 Å². The summed E-state index contributed by atoms with van der Waals surface area (Å²) in [6, 6.07) is 0.871. The minimum atomic E-state index is 0.515. The van der Waals surface area contributed by atoms with E-state index in [1.807, 2.05) is 0 Å². The summed E-state index contributed by atoms with van der Waals surface area (Å²) in [6.45, 7) is 9.45. The number of rotatable bonds is 10. The van der Waals surface area contributed by atoms with E-state index in [4.69, 9.17) is 0 Å². The number of alkyl halides is 2. The molecule has 0 aliphatic carbocycles. The first kappa shape index (κ1) is 15.7. The van der Waals surface area contributed by atoms with Crippen molar-refractivity contribution in [3.05, 3.63) is 0 Å². The van der Waals surface area contributed by atoms with Crippen LogP contribution in [0.1, 0.15) is 52.9 Å². The fourth-order valence-electron chi connectivity index (χ4n) is 2.18. The van der Waals surface area contributed by atoms with Gasteiger partial charge in [0.25, 0.3) is 0 Å². The zero-order valence-electron chi connectivity index (χ0n) is 11.1. The van der Waals surface area contributed by atoms with E-state index >= 15 is 0 Å². The Labute approximate surface area is 107 Å². The van der Waals surface area contributed by atoms with Gasteiger partial charge < -0.3 is 0 Å².